The van der Waals surface area contributed by atoms with Gasteiger partial charge in [-0.2, -0.15) is 0 Å². The fourth-order valence-corrected chi connectivity index (χ4v) is 2.58. The Morgan fingerprint density at radius 2 is 1.75 bits per heavy atom. The Labute approximate surface area is 149 Å². The monoisotopic (exact) mass is 394 g/mol. The van der Waals surface area contributed by atoms with Crippen molar-refractivity contribution in [2.75, 3.05) is 20.8 Å². The van der Waals surface area contributed by atoms with Gasteiger partial charge < -0.3 is 18.9 Å². The molecule has 0 aliphatic rings. The number of hydrogen-bond acceptors (Lipinski definition) is 5. The number of hydrogen-bond donors (Lipinski definition) is 0. The van der Waals surface area contributed by atoms with Crippen LogP contribution >= 0.6 is 15.9 Å². The Morgan fingerprint density at radius 3 is 2.42 bits per heavy atom. The van der Waals surface area contributed by atoms with Crippen molar-refractivity contribution < 1.29 is 23.7 Å². The van der Waals surface area contributed by atoms with Crippen LogP contribution in [-0.4, -0.2) is 26.8 Å². The van der Waals surface area contributed by atoms with Gasteiger partial charge in [-0.05, 0) is 46.6 Å². The molecule has 6 heteroatoms. The average molecular weight is 395 g/mol. The van der Waals surface area contributed by atoms with E-state index in [0.29, 0.717) is 22.8 Å². The van der Waals surface area contributed by atoms with Crippen LogP contribution < -0.4 is 14.2 Å². The first-order chi connectivity index (χ1) is 11.5. The molecular formula is C18H19BrO5. The van der Waals surface area contributed by atoms with E-state index in [1.54, 1.807) is 26.4 Å². The molecule has 0 spiro atoms. The number of rotatable bonds is 7. The first kappa shape index (κ1) is 18.1. The van der Waals surface area contributed by atoms with Crippen LogP contribution in [0.5, 0.6) is 17.2 Å². The molecule has 0 bridgehead atoms. The van der Waals surface area contributed by atoms with Gasteiger partial charge in [0.15, 0.2) is 6.61 Å². The van der Waals surface area contributed by atoms with Crippen molar-refractivity contribution in [3.05, 3.63) is 52.0 Å². The summed E-state index contributed by atoms with van der Waals surface area (Å²) < 4.78 is 22.0. The first-order valence-corrected chi connectivity index (χ1v) is 8.09. The van der Waals surface area contributed by atoms with E-state index in [4.69, 9.17) is 18.9 Å². The molecule has 0 radical (unpaired) electrons. The van der Waals surface area contributed by atoms with E-state index in [1.807, 2.05) is 31.2 Å². The van der Waals surface area contributed by atoms with Gasteiger partial charge in [-0.25, -0.2) is 4.79 Å². The molecule has 0 fully saturated rings. The lowest BCUT2D eigenvalue weighted by Gasteiger charge is -2.13. The molecule has 0 N–H and O–H groups in total. The highest BCUT2D eigenvalue weighted by Gasteiger charge is 2.12. The topological polar surface area (TPSA) is 54.0 Å². The van der Waals surface area contributed by atoms with Crippen molar-refractivity contribution in [1.29, 1.82) is 0 Å². The highest BCUT2D eigenvalue weighted by molar-refractivity contribution is 9.10. The predicted octanol–water partition coefficient (Wildman–Crippen LogP) is 3.90. The van der Waals surface area contributed by atoms with Crippen molar-refractivity contribution >= 4 is 21.9 Å². The van der Waals surface area contributed by atoms with Gasteiger partial charge in [-0.15, -0.1) is 0 Å². The number of aryl methyl sites for hydroxylation is 1. The second-order valence-corrected chi connectivity index (χ2v) is 5.87. The number of halogens is 1. The highest BCUT2D eigenvalue weighted by Crippen LogP contribution is 2.33. The van der Waals surface area contributed by atoms with E-state index in [-0.39, 0.29) is 13.2 Å². The molecule has 0 amide bonds. The van der Waals surface area contributed by atoms with E-state index >= 15 is 0 Å². The van der Waals surface area contributed by atoms with Crippen molar-refractivity contribution in [2.45, 2.75) is 13.5 Å². The Balaban J connectivity index is 1.95. The quantitative estimate of drug-likeness (QED) is 0.666. The highest BCUT2D eigenvalue weighted by atomic mass is 79.9. The fraction of sp³-hybridized carbons (Fsp3) is 0.278. The molecule has 0 unspecified atom stereocenters. The predicted molar refractivity (Wildman–Crippen MR) is 93.7 cm³/mol. The van der Waals surface area contributed by atoms with Gasteiger partial charge in [0.1, 0.15) is 23.9 Å². The second kappa shape index (κ2) is 8.59. The van der Waals surface area contributed by atoms with Gasteiger partial charge in [0.05, 0.1) is 18.7 Å². The lowest BCUT2D eigenvalue weighted by molar-refractivity contribution is -0.147. The van der Waals surface area contributed by atoms with E-state index in [1.165, 1.54) is 0 Å². The minimum atomic E-state index is -0.456. The van der Waals surface area contributed by atoms with Crippen LogP contribution in [-0.2, 0) is 16.1 Å². The number of ether oxygens (including phenoxy) is 4. The molecule has 2 aromatic carbocycles. The van der Waals surface area contributed by atoms with E-state index in [9.17, 15) is 4.79 Å². The average Bonchev–Trinajstić information content (AvgIpc) is 2.59. The first-order valence-electron chi connectivity index (χ1n) is 7.29. The molecule has 128 valence electrons. The zero-order chi connectivity index (χ0) is 17.5. The number of carbonyl (C=O) groups is 1. The van der Waals surface area contributed by atoms with Crippen molar-refractivity contribution in [2.24, 2.45) is 0 Å². The molecular weight excluding hydrogens is 376 g/mol. The number of methoxy groups -OCH3 is 2. The molecule has 0 heterocycles. The number of para-hydroxylation sites is 1. The molecule has 2 aromatic rings. The molecule has 0 atom stereocenters. The third-order valence-corrected chi connectivity index (χ3v) is 4.00. The van der Waals surface area contributed by atoms with Crippen molar-refractivity contribution in [1.82, 2.24) is 0 Å². The van der Waals surface area contributed by atoms with Gasteiger partial charge in [-0.3, -0.25) is 0 Å². The normalized spacial score (nSPS) is 10.2. The summed E-state index contributed by atoms with van der Waals surface area (Å²) in [6, 6.07) is 11.0. The maximum atomic E-state index is 11.9. The number of carbonyl (C=O) groups excluding carboxylic acids is 1. The third-order valence-electron chi connectivity index (χ3n) is 3.38. The Kier molecular flexibility index (Phi) is 6.49. The molecule has 24 heavy (non-hydrogen) atoms. The number of benzene rings is 2. The van der Waals surface area contributed by atoms with E-state index in [0.717, 1.165) is 10.0 Å². The fourth-order valence-electron chi connectivity index (χ4n) is 2.09. The Morgan fingerprint density at radius 1 is 1.04 bits per heavy atom. The lowest BCUT2D eigenvalue weighted by Crippen LogP contribution is -2.15. The molecule has 0 saturated carbocycles. The van der Waals surface area contributed by atoms with Crippen molar-refractivity contribution in [3.8, 4) is 17.2 Å². The van der Waals surface area contributed by atoms with Crippen LogP contribution in [0.4, 0.5) is 0 Å². The lowest BCUT2D eigenvalue weighted by atomic mass is 10.2. The molecule has 0 saturated heterocycles. The minimum absolute atomic E-state index is 0.0722. The smallest absolute Gasteiger partial charge is 0.344 e. The molecule has 0 aliphatic carbocycles. The van der Waals surface area contributed by atoms with E-state index in [2.05, 4.69) is 15.9 Å². The van der Waals surface area contributed by atoms with Gasteiger partial charge in [0.25, 0.3) is 0 Å². The van der Waals surface area contributed by atoms with Crippen LogP contribution in [0.15, 0.2) is 40.9 Å². The summed E-state index contributed by atoms with van der Waals surface area (Å²) in [5.41, 5.74) is 1.67. The van der Waals surface area contributed by atoms with Gasteiger partial charge in [0, 0.05) is 5.56 Å². The summed E-state index contributed by atoms with van der Waals surface area (Å²) in [7, 11) is 3.12. The standard InChI is InChI=1S/C18H19BrO5/c1-12-6-4-5-7-15(12)23-11-18(20)24-10-13-8-17(22-3)14(19)9-16(13)21-2/h4-9H,10-11H2,1-3H3. The maximum Gasteiger partial charge on any atom is 0.344 e. The summed E-state index contributed by atoms with van der Waals surface area (Å²) >= 11 is 3.39. The maximum absolute atomic E-state index is 11.9. The van der Waals surface area contributed by atoms with Gasteiger partial charge in [-0.1, -0.05) is 18.2 Å². The van der Waals surface area contributed by atoms with Crippen LogP contribution in [0.2, 0.25) is 0 Å². The second-order valence-electron chi connectivity index (χ2n) is 5.01. The summed E-state index contributed by atoms with van der Waals surface area (Å²) in [6.07, 6.45) is 0. The zero-order valence-electron chi connectivity index (χ0n) is 13.8. The van der Waals surface area contributed by atoms with Gasteiger partial charge >= 0.3 is 5.97 Å². The van der Waals surface area contributed by atoms with Crippen LogP contribution in [0.3, 0.4) is 0 Å². The molecule has 5 nitrogen and oxygen atoms in total. The van der Waals surface area contributed by atoms with E-state index < -0.39 is 5.97 Å². The SMILES string of the molecule is COc1cc(COC(=O)COc2ccccc2C)c(OC)cc1Br. The van der Waals surface area contributed by atoms with Crippen LogP contribution in [0.25, 0.3) is 0 Å². The minimum Gasteiger partial charge on any atom is -0.496 e. The van der Waals surface area contributed by atoms with Crippen LogP contribution in [0, 0.1) is 6.92 Å². The third kappa shape index (κ3) is 4.64. The summed E-state index contributed by atoms with van der Waals surface area (Å²) in [6.45, 7) is 1.84. The Hall–Kier alpha value is -2.21. The molecule has 0 aliphatic heterocycles. The summed E-state index contributed by atoms with van der Waals surface area (Å²) in [5.74, 6) is 1.45. The largest absolute Gasteiger partial charge is 0.496 e. The summed E-state index contributed by atoms with van der Waals surface area (Å²) in [5, 5.41) is 0. The molecule has 2 rings (SSSR count). The Bertz CT molecular complexity index is 715. The van der Waals surface area contributed by atoms with Crippen molar-refractivity contribution in [3.63, 3.8) is 0 Å². The molecule has 0 aromatic heterocycles. The summed E-state index contributed by atoms with van der Waals surface area (Å²) in [4.78, 5) is 11.9. The van der Waals surface area contributed by atoms with Crippen LogP contribution in [0.1, 0.15) is 11.1 Å². The number of esters is 1. The zero-order valence-corrected chi connectivity index (χ0v) is 15.4. The van der Waals surface area contributed by atoms with Gasteiger partial charge in [0.2, 0.25) is 0 Å².